The molecule has 2 nitrogen and oxygen atoms in total. The van der Waals surface area contributed by atoms with Gasteiger partial charge in [-0.2, -0.15) is 0 Å². The van der Waals surface area contributed by atoms with Gasteiger partial charge in [0.05, 0.1) is 0 Å². The number of unbranched alkanes of at least 4 members (excludes halogenated alkanes) is 3. The molecule has 0 bridgehead atoms. The zero-order chi connectivity index (χ0) is 19.1. The quantitative estimate of drug-likeness (QED) is 0.294. The third-order valence-electron chi connectivity index (χ3n) is 5.71. The molecular formula is C25H32O2. The number of rotatable bonds is 8. The minimum absolute atomic E-state index is 0.194. The van der Waals surface area contributed by atoms with Gasteiger partial charge in [-0.05, 0) is 59.6 Å². The van der Waals surface area contributed by atoms with E-state index in [-0.39, 0.29) is 5.97 Å². The van der Waals surface area contributed by atoms with E-state index in [9.17, 15) is 4.79 Å². The maximum Gasteiger partial charge on any atom is 0.310 e. The molecule has 2 aromatic rings. The Kier molecular flexibility index (Phi) is 7.09. The fourth-order valence-electron chi connectivity index (χ4n) is 4.04. The number of ether oxygens (including phenoxy) is 1. The highest BCUT2D eigenvalue weighted by Gasteiger charge is 2.18. The van der Waals surface area contributed by atoms with Crippen LogP contribution in [0.15, 0.2) is 42.5 Å². The third kappa shape index (κ3) is 5.45. The molecule has 1 aliphatic carbocycles. The van der Waals surface area contributed by atoms with Gasteiger partial charge in [0.1, 0.15) is 5.75 Å². The van der Waals surface area contributed by atoms with Crippen LogP contribution in [0.3, 0.4) is 0 Å². The summed E-state index contributed by atoms with van der Waals surface area (Å²) in [4.78, 5) is 11.4. The summed E-state index contributed by atoms with van der Waals surface area (Å²) >= 11 is 0. The number of fused-ring (bicyclic) bond motifs is 1. The van der Waals surface area contributed by atoms with E-state index < -0.39 is 0 Å². The third-order valence-corrected chi connectivity index (χ3v) is 5.71. The number of benzene rings is 2. The molecule has 1 atom stereocenters. The number of carbonyl (C=O) groups excluding carboxylic acids is 1. The molecule has 144 valence electrons. The first kappa shape index (κ1) is 19.7. The zero-order valence-corrected chi connectivity index (χ0v) is 16.8. The highest BCUT2D eigenvalue weighted by atomic mass is 16.5. The van der Waals surface area contributed by atoms with Gasteiger partial charge in [0.2, 0.25) is 0 Å². The number of aryl methyl sites for hydroxylation is 1. The normalized spacial score (nSPS) is 16.0. The lowest BCUT2D eigenvalue weighted by molar-refractivity contribution is -0.134. The molecule has 0 spiro atoms. The van der Waals surface area contributed by atoms with Crippen LogP contribution in [0.4, 0.5) is 0 Å². The minimum Gasteiger partial charge on any atom is -0.427 e. The minimum atomic E-state index is -0.194. The summed E-state index contributed by atoms with van der Waals surface area (Å²) in [7, 11) is 0. The Bertz CT molecular complexity index is 745. The average Bonchev–Trinajstić information content (AvgIpc) is 2.71. The Balaban J connectivity index is 1.62. The predicted octanol–water partition coefficient (Wildman–Crippen LogP) is 6.74. The summed E-state index contributed by atoms with van der Waals surface area (Å²) in [5.41, 5.74) is 5.48. The molecule has 0 N–H and O–H groups in total. The van der Waals surface area contributed by atoms with Gasteiger partial charge >= 0.3 is 5.97 Å². The second-order valence-corrected chi connectivity index (χ2v) is 7.79. The molecule has 0 radical (unpaired) electrons. The Morgan fingerprint density at radius 2 is 1.74 bits per heavy atom. The van der Waals surface area contributed by atoms with E-state index >= 15 is 0 Å². The monoisotopic (exact) mass is 364 g/mol. The van der Waals surface area contributed by atoms with Crippen molar-refractivity contribution in [1.82, 2.24) is 0 Å². The largest absolute Gasteiger partial charge is 0.427 e. The van der Waals surface area contributed by atoms with Gasteiger partial charge in [-0.1, -0.05) is 76.3 Å². The number of esters is 1. The fourth-order valence-corrected chi connectivity index (χ4v) is 4.04. The summed E-state index contributed by atoms with van der Waals surface area (Å²) in [6.07, 6.45) is 11.0. The maximum atomic E-state index is 11.4. The van der Waals surface area contributed by atoms with Gasteiger partial charge in [0.25, 0.3) is 0 Å². The van der Waals surface area contributed by atoms with Gasteiger partial charge < -0.3 is 4.74 Å². The zero-order valence-electron chi connectivity index (χ0n) is 16.8. The van der Waals surface area contributed by atoms with Gasteiger partial charge in [0.15, 0.2) is 0 Å². The first-order valence-corrected chi connectivity index (χ1v) is 10.6. The van der Waals surface area contributed by atoms with Gasteiger partial charge in [-0.15, -0.1) is 0 Å². The first-order chi connectivity index (χ1) is 13.2. The van der Waals surface area contributed by atoms with Crippen LogP contribution in [-0.2, 0) is 17.6 Å². The summed E-state index contributed by atoms with van der Waals surface area (Å²) in [5, 5.41) is 0. The van der Waals surface area contributed by atoms with E-state index in [1.54, 1.807) is 12.5 Å². The standard InChI is InChI=1S/C25H32O2/c1-3-5-6-7-8-19-9-10-23-18-22(12-11-21(23)17-19)20-13-15-24(16-14-20)27-25(26)4-2/h11-16,18-19H,3-10,17H2,1-2H3. The molecule has 27 heavy (non-hydrogen) atoms. The smallest absolute Gasteiger partial charge is 0.310 e. The van der Waals surface area contributed by atoms with E-state index in [1.807, 2.05) is 24.3 Å². The van der Waals surface area contributed by atoms with Crippen molar-refractivity contribution in [2.45, 2.75) is 71.6 Å². The van der Waals surface area contributed by atoms with E-state index in [1.165, 1.54) is 68.1 Å². The SMILES string of the molecule is CCCCCCC1CCc2cc(-c3ccc(OC(=O)CC)cc3)ccc2C1. The highest BCUT2D eigenvalue weighted by Crippen LogP contribution is 2.32. The van der Waals surface area contributed by atoms with Crippen molar-refractivity contribution in [3.63, 3.8) is 0 Å². The summed E-state index contributed by atoms with van der Waals surface area (Å²) in [5.74, 6) is 1.29. The van der Waals surface area contributed by atoms with Crippen LogP contribution in [0, 0.1) is 5.92 Å². The highest BCUT2D eigenvalue weighted by molar-refractivity contribution is 5.72. The Morgan fingerprint density at radius 1 is 0.963 bits per heavy atom. The van der Waals surface area contributed by atoms with E-state index in [0.717, 1.165) is 5.92 Å². The van der Waals surface area contributed by atoms with Gasteiger partial charge in [-0.25, -0.2) is 0 Å². The van der Waals surface area contributed by atoms with Crippen molar-refractivity contribution < 1.29 is 9.53 Å². The number of carbonyl (C=O) groups is 1. The molecule has 0 heterocycles. The van der Waals surface area contributed by atoms with Crippen LogP contribution in [0.5, 0.6) is 5.75 Å². The van der Waals surface area contributed by atoms with Gasteiger partial charge in [-0.3, -0.25) is 4.79 Å². The predicted molar refractivity (Wildman–Crippen MR) is 112 cm³/mol. The molecule has 0 amide bonds. The molecule has 2 heteroatoms. The molecule has 0 saturated carbocycles. The lowest BCUT2D eigenvalue weighted by Crippen LogP contribution is -2.14. The average molecular weight is 365 g/mol. The van der Waals surface area contributed by atoms with Crippen LogP contribution >= 0.6 is 0 Å². The lowest BCUT2D eigenvalue weighted by Gasteiger charge is -2.25. The second kappa shape index (κ2) is 9.73. The molecule has 0 saturated heterocycles. The summed E-state index contributed by atoms with van der Waals surface area (Å²) < 4.78 is 5.27. The Morgan fingerprint density at radius 3 is 2.48 bits per heavy atom. The van der Waals surface area contributed by atoms with Gasteiger partial charge in [0, 0.05) is 6.42 Å². The van der Waals surface area contributed by atoms with Crippen LogP contribution in [-0.4, -0.2) is 5.97 Å². The Labute approximate surface area is 164 Å². The summed E-state index contributed by atoms with van der Waals surface area (Å²) in [6, 6.07) is 14.8. The van der Waals surface area contributed by atoms with E-state index in [2.05, 4.69) is 25.1 Å². The van der Waals surface area contributed by atoms with Crippen molar-refractivity contribution in [3.8, 4) is 16.9 Å². The molecule has 1 aliphatic rings. The second-order valence-electron chi connectivity index (χ2n) is 7.79. The molecule has 0 aliphatic heterocycles. The van der Waals surface area contributed by atoms with Crippen molar-refractivity contribution in [2.24, 2.45) is 5.92 Å². The van der Waals surface area contributed by atoms with Crippen LogP contribution in [0.1, 0.15) is 69.9 Å². The Hall–Kier alpha value is -2.09. The molecule has 0 fully saturated rings. The van der Waals surface area contributed by atoms with Crippen molar-refractivity contribution in [2.75, 3.05) is 0 Å². The topological polar surface area (TPSA) is 26.3 Å². The molecular weight excluding hydrogens is 332 g/mol. The van der Waals surface area contributed by atoms with E-state index in [4.69, 9.17) is 4.74 Å². The van der Waals surface area contributed by atoms with Crippen LogP contribution < -0.4 is 4.74 Å². The van der Waals surface area contributed by atoms with Crippen molar-refractivity contribution >= 4 is 5.97 Å². The maximum absolute atomic E-state index is 11.4. The first-order valence-electron chi connectivity index (χ1n) is 10.6. The number of hydrogen-bond donors (Lipinski definition) is 0. The molecule has 2 aromatic carbocycles. The fraction of sp³-hybridized carbons (Fsp3) is 0.480. The van der Waals surface area contributed by atoms with Crippen molar-refractivity contribution in [1.29, 1.82) is 0 Å². The lowest BCUT2D eigenvalue weighted by atomic mass is 9.80. The molecule has 0 aromatic heterocycles. The van der Waals surface area contributed by atoms with Crippen molar-refractivity contribution in [3.05, 3.63) is 53.6 Å². The van der Waals surface area contributed by atoms with E-state index in [0.29, 0.717) is 12.2 Å². The van der Waals surface area contributed by atoms with Crippen LogP contribution in [0.25, 0.3) is 11.1 Å². The molecule has 1 unspecified atom stereocenters. The molecule has 3 rings (SSSR count). The summed E-state index contributed by atoms with van der Waals surface area (Å²) in [6.45, 7) is 4.08. The van der Waals surface area contributed by atoms with Crippen LogP contribution in [0.2, 0.25) is 0 Å². The number of hydrogen-bond acceptors (Lipinski definition) is 2.